The van der Waals surface area contributed by atoms with Crippen molar-refractivity contribution in [2.24, 2.45) is 5.92 Å². The molecule has 1 aromatic carbocycles. The number of nitrogens with zero attached hydrogens (tertiary/aromatic N) is 3. The minimum Gasteiger partial charge on any atom is -0.496 e. The molecule has 0 atom stereocenters. The summed E-state index contributed by atoms with van der Waals surface area (Å²) >= 11 is 0. The van der Waals surface area contributed by atoms with Gasteiger partial charge < -0.3 is 19.1 Å². The van der Waals surface area contributed by atoms with Gasteiger partial charge in [-0.1, -0.05) is 23.4 Å². The van der Waals surface area contributed by atoms with E-state index in [-0.39, 0.29) is 5.91 Å². The Morgan fingerprint density at radius 2 is 2.07 bits per heavy atom. The Bertz CT molecular complexity index is 751. The Labute approximate surface area is 161 Å². The van der Waals surface area contributed by atoms with Gasteiger partial charge in [-0.25, -0.2) is 0 Å². The zero-order valence-electron chi connectivity index (χ0n) is 16.5. The third-order valence-electron chi connectivity index (χ3n) is 5.32. The maximum atomic E-state index is 12.4. The Morgan fingerprint density at radius 1 is 1.33 bits per heavy atom. The van der Waals surface area contributed by atoms with Crippen LogP contribution in [0.15, 0.2) is 34.9 Å². The van der Waals surface area contributed by atoms with Crippen molar-refractivity contribution in [2.75, 3.05) is 40.3 Å². The number of amides is 1. The van der Waals surface area contributed by atoms with Gasteiger partial charge in [-0.2, -0.15) is 0 Å². The Balaban J connectivity index is 1.43. The molecule has 0 saturated carbocycles. The molecular formula is C21H29N3O3. The maximum Gasteiger partial charge on any atom is 0.275 e. The molecular weight excluding hydrogens is 342 g/mol. The van der Waals surface area contributed by atoms with Crippen LogP contribution in [0.4, 0.5) is 0 Å². The van der Waals surface area contributed by atoms with Crippen molar-refractivity contribution >= 4 is 5.91 Å². The highest BCUT2D eigenvalue weighted by Gasteiger charge is 2.23. The number of piperidine rings is 1. The molecule has 146 valence electrons. The number of rotatable bonds is 7. The molecule has 0 radical (unpaired) electrons. The first-order chi connectivity index (χ1) is 13.1. The highest BCUT2D eigenvalue weighted by atomic mass is 16.5. The lowest BCUT2D eigenvalue weighted by molar-refractivity contribution is 0.0730. The third-order valence-corrected chi connectivity index (χ3v) is 5.32. The average molecular weight is 371 g/mol. The second-order valence-electron chi connectivity index (χ2n) is 7.36. The normalized spacial score (nSPS) is 15.7. The Morgan fingerprint density at radius 3 is 2.74 bits per heavy atom. The number of aromatic nitrogens is 1. The van der Waals surface area contributed by atoms with Crippen LogP contribution in [0.2, 0.25) is 0 Å². The van der Waals surface area contributed by atoms with Gasteiger partial charge in [-0.3, -0.25) is 4.79 Å². The quantitative estimate of drug-likeness (QED) is 0.749. The van der Waals surface area contributed by atoms with Gasteiger partial charge in [0.2, 0.25) is 0 Å². The largest absolute Gasteiger partial charge is 0.496 e. The highest BCUT2D eigenvalue weighted by molar-refractivity contribution is 5.92. The van der Waals surface area contributed by atoms with Crippen LogP contribution in [-0.4, -0.2) is 61.2 Å². The van der Waals surface area contributed by atoms with Crippen LogP contribution >= 0.6 is 0 Å². The molecule has 0 spiro atoms. The fraction of sp³-hybridized carbons (Fsp3) is 0.524. The number of para-hydroxylation sites is 1. The zero-order chi connectivity index (χ0) is 19.2. The molecule has 3 rings (SSSR count). The van der Waals surface area contributed by atoms with Gasteiger partial charge in [0.1, 0.15) is 11.5 Å². The fourth-order valence-electron chi connectivity index (χ4n) is 3.71. The van der Waals surface area contributed by atoms with Gasteiger partial charge >= 0.3 is 0 Å². The van der Waals surface area contributed by atoms with Crippen LogP contribution in [0, 0.1) is 12.8 Å². The first kappa shape index (κ1) is 19.4. The minimum atomic E-state index is -0.0644. The molecule has 1 fully saturated rings. The van der Waals surface area contributed by atoms with E-state index >= 15 is 0 Å². The van der Waals surface area contributed by atoms with Crippen LogP contribution in [-0.2, 0) is 6.42 Å². The van der Waals surface area contributed by atoms with E-state index in [4.69, 9.17) is 9.26 Å². The fourth-order valence-corrected chi connectivity index (χ4v) is 3.71. The van der Waals surface area contributed by atoms with Gasteiger partial charge in [-0.15, -0.1) is 0 Å². The number of carbonyl (C=O) groups excluding carboxylic acids is 1. The molecule has 6 nitrogen and oxygen atoms in total. The minimum absolute atomic E-state index is 0.0644. The average Bonchev–Trinajstić information content (AvgIpc) is 3.13. The summed E-state index contributed by atoms with van der Waals surface area (Å²) in [7, 11) is 3.57. The summed E-state index contributed by atoms with van der Waals surface area (Å²) < 4.78 is 10.4. The maximum absolute atomic E-state index is 12.4. The molecule has 1 saturated heterocycles. The van der Waals surface area contributed by atoms with Crippen molar-refractivity contribution in [2.45, 2.75) is 26.2 Å². The van der Waals surface area contributed by atoms with E-state index in [1.165, 1.54) is 5.56 Å². The molecule has 27 heavy (non-hydrogen) atoms. The summed E-state index contributed by atoms with van der Waals surface area (Å²) in [6, 6.07) is 9.92. The van der Waals surface area contributed by atoms with Gasteiger partial charge in [0.15, 0.2) is 5.69 Å². The number of aryl methyl sites for hydroxylation is 1. The van der Waals surface area contributed by atoms with E-state index in [9.17, 15) is 4.79 Å². The predicted molar refractivity (Wildman–Crippen MR) is 104 cm³/mol. The van der Waals surface area contributed by atoms with E-state index in [1.54, 1.807) is 25.0 Å². The van der Waals surface area contributed by atoms with Crippen molar-refractivity contribution in [3.8, 4) is 5.75 Å². The molecule has 0 unspecified atom stereocenters. The molecule has 2 heterocycles. The number of benzene rings is 1. The van der Waals surface area contributed by atoms with E-state index in [0.717, 1.165) is 51.2 Å². The van der Waals surface area contributed by atoms with Crippen molar-refractivity contribution in [1.82, 2.24) is 15.0 Å². The second kappa shape index (κ2) is 9.04. The molecule has 6 heteroatoms. The van der Waals surface area contributed by atoms with E-state index in [1.807, 2.05) is 19.2 Å². The molecule has 1 aliphatic heterocycles. The zero-order valence-corrected chi connectivity index (χ0v) is 16.5. The number of hydrogen-bond donors (Lipinski definition) is 0. The summed E-state index contributed by atoms with van der Waals surface area (Å²) in [4.78, 5) is 16.7. The molecule has 0 N–H and O–H groups in total. The van der Waals surface area contributed by atoms with E-state index in [0.29, 0.717) is 17.4 Å². The molecule has 0 aliphatic carbocycles. The van der Waals surface area contributed by atoms with Crippen LogP contribution in [0.1, 0.15) is 34.7 Å². The number of methoxy groups -OCH3 is 1. The lowest BCUT2D eigenvalue weighted by Gasteiger charge is -2.33. The van der Waals surface area contributed by atoms with Crippen molar-refractivity contribution < 1.29 is 14.1 Å². The highest BCUT2D eigenvalue weighted by Crippen LogP contribution is 2.21. The van der Waals surface area contributed by atoms with E-state index in [2.05, 4.69) is 22.2 Å². The molecule has 1 aliphatic rings. The monoisotopic (exact) mass is 371 g/mol. The number of likely N-dealkylation sites (tertiary alicyclic amines) is 1. The predicted octanol–water partition coefficient (Wildman–Crippen LogP) is 3.02. The van der Waals surface area contributed by atoms with Crippen molar-refractivity contribution in [3.63, 3.8) is 0 Å². The number of hydrogen-bond acceptors (Lipinski definition) is 5. The lowest BCUT2D eigenvalue weighted by atomic mass is 9.96. The second-order valence-corrected chi connectivity index (χ2v) is 7.36. The van der Waals surface area contributed by atoms with Gasteiger partial charge in [0.25, 0.3) is 5.91 Å². The number of carbonyl (C=O) groups is 1. The molecule has 1 aromatic heterocycles. The Hall–Kier alpha value is -2.34. The first-order valence-corrected chi connectivity index (χ1v) is 9.60. The summed E-state index contributed by atoms with van der Waals surface area (Å²) in [5, 5.41) is 3.82. The van der Waals surface area contributed by atoms with Crippen LogP contribution in [0.3, 0.4) is 0 Å². The van der Waals surface area contributed by atoms with Crippen LogP contribution in [0.25, 0.3) is 0 Å². The smallest absolute Gasteiger partial charge is 0.275 e. The summed E-state index contributed by atoms with van der Waals surface area (Å²) in [5.41, 5.74) is 1.65. The number of ether oxygens (including phenoxy) is 1. The molecule has 2 aromatic rings. The summed E-state index contributed by atoms with van der Waals surface area (Å²) in [6.45, 7) is 5.76. The third kappa shape index (κ3) is 5.10. The van der Waals surface area contributed by atoms with Gasteiger partial charge in [0.05, 0.1) is 7.11 Å². The van der Waals surface area contributed by atoms with Crippen LogP contribution < -0.4 is 4.74 Å². The standard InChI is InChI=1S/C21H29N3O3/c1-16-14-19(22-27-16)21(25)23(2)15-17-8-11-24(12-9-17)13-10-18-6-4-5-7-20(18)26-3/h4-7,14,17H,8-13,15H2,1-3H3. The first-order valence-electron chi connectivity index (χ1n) is 9.60. The summed E-state index contributed by atoms with van der Waals surface area (Å²) in [5.74, 6) is 2.10. The summed E-state index contributed by atoms with van der Waals surface area (Å²) in [6.07, 6.45) is 3.22. The van der Waals surface area contributed by atoms with E-state index < -0.39 is 0 Å². The lowest BCUT2D eigenvalue weighted by Crippen LogP contribution is -2.40. The SMILES string of the molecule is COc1ccccc1CCN1CCC(CN(C)C(=O)c2cc(C)on2)CC1. The van der Waals surface area contributed by atoms with Gasteiger partial charge in [-0.05, 0) is 56.8 Å². The van der Waals surface area contributed by atoms with Gasteiger partial charge in [0, 0.05) is 26.2 Å². The Kier molecular flexibility index (Phi) is 6.50. The van der Waals surface area contributed by atoms with Crippen molar-refractivity contribution in [3.05, 3.63) is 47.3 Å². The topological polar surface area (TPSA) is 58.8 Å². The molecule has 0 bridgehead atoms. The molecule has 1 amide bonds. The van der Waals surface area contributed by atoms with Crippen molar-refractivity contribution in [1.29, 1.82) is 0 Å². The van der Waals surface area contributed by atoms with Crippen LogP contribution in [0.5, 0.6) is 5.75 Å².